The zero-order valence-electron chi connectivity index (χ0n) is 12.1. The van der Waals surface area contributed by atoms with Crippen LogP contribution < -0.4 is 4.74 Å². The lowest BCUT2D eigenvalue weighted by Crippen LogP contribution is -2.06. The van der Waals surface area contributed by atoms with Crippen molar-refractivity contribution >= 4 is 34.1 Å². The van der Waals surface area contributed by atoms with Gasteiger partial charge in [-0.1, -0.05) is 18.2 Å². The highest BCUT2D eigenvalue weighted by atomic mass is 127. The largest absolute Gasteiger partial charge is 0.503 e. The van der Waals surface area contributed by atoms with Gasteiger partial charge in [-0.05, 0) is 40.8 Å². The zero-order chi connectivity index (χ0) is 15.9. The summed E-state index contributed by atoms with van der Waals surface area (Å²) >= 11 is 2.14. The smallest absolute Gasteiger partial charge is 0.341 e. The van der Waals surface area contributed by atoms with E-state index in [0.717, 1.165) is 3.57 Å². The number of aromatic nitrogens is 1. The summed E-state index contributed by atoms with van der Waals surface area (Å²) in [5.74, 6) is 0.457. The molecule has 0 saturated carbocycles. The maximum atomic E-state index is 11.9. The van der Waals surface area contributed by atoms with Crippen LogP contribution in [0.2, 0.25) is 0 Å². The normalized spacial score (nSPS) is 11.0. The van der Waals surface area contributed by atoms with E-state index in [1.54, 1.807) is 24.4 Å². The molecule has 1 heterocycles. The van der Waals surface area contributed by atoms with Crippen molar-refractivity contribution in [2.45, 2.75) is 0 Å². The van der Waals surface area contributed by atoms with Crippen molar-refractivity contribution in [3.05, 3.63) is 58.0 Å². The van der Waals surface area contributed by atoms with Crippen molar-refractivity contribution in [2.75, 3.05) is 14.2 Å². The Morgan fingerprint density at radius 3 is 2.64 bits per heavy atom. The van der Waals surface area contributed by atoms with Crippen LogP contribution in [-0.2, 0) is 14.3 Å². The van der Waals surface area contributed by atoms with Crippen LogP contribution in [0.25, 0.3) is 5.57 Å². The Labute approximate surface area is 142 Å². The topological polar surface area (TPSA) is 57.7 Å². The molecule has 0 aliphatic rings. The van der Waals surface area contributed by atoms with E-state index < -0.39 is 5.97 Å². The molecule has 0 atom stereocenters. The van der Waals surface area contributed by atoms with Crippen molar-refractivity contribution in [1.29, 1.82) is 0 Å². The van der Waals surface area contributed by atoms with Crippen LogP contribution in [0.1, 0.15) is 5.56 Å². The lowest BCUT2D eigenvalue weighted by molar-refractivity contribution is -0.133. The number of hydrogen-bond donors (Lipinski definition) is 0. The number of nitrogens with zero attached hydrogens (tertiary/aromatic N) is 1. The minimum atomic E-state index is -0.506. The minimum Gasteiger partial charge on any atom is -0.503 e. The van der Waals surface area contributed by atoms with E-state index in [4.69, 9.17) is 14.2 Å². The molecule has 0 fully saturated rings. The van der Waals surface area contributed by atoms with Crippen LogP contribution in [0.3, 0.4) is 0 Å². The summed E-state index contributed by atoms with van der Waals surface area (Å²) in [6, 6.07) is 10.8. The number of pyridine rings is 1. The monoisotopic (exact) mass is 411 g/mol. The van der Waals surface area contributed by atoms with Crippen molar-refractivity contribution in [3.63, 3.8) is 0 Å². The molecule has 0 radical (unpaired) electrons. The predicted molar refractivity (Wildman–Crippen MR) is 90.5 cm³/mol. The molecule has 1 aromatic carbocycles. The summed E-state index contributed by atoms with van der Waals surface area (Å²) in [6.45, 7) is 0. The van der Waals surface area contributed by atoms with Gasteiger partial charge in [0.05, 0.1) is 24.1 Å². The molecule has 0 N–H and O–H groups in total. The van der Waals surface area contributed by atoms with Crippen LogP contribution in [0.4, 0.5) is 0 Å². The van der Waals surface area contributed by atoms with Gasteiger partial charge in [0.15, 0.2) is 0 Å². The fourth-order valence-electron chi connectivity index (χ4n) is 1.78. The molecule has 6 heteroatoms. The molecule has 1 aromatic heterocycles. The number of hydrogen-bond acceptors (Lipinski definition) is 5. The summed E-state index contributed by atoms with van der Waals surface area (Å²) in [4.78, 5) is 16.1. The fraction of sp³-hybridized carbons (Fsp3) is 0.125. The molecule has 0 unspecified atom stereocenters. The first kappa shape index (κ1) is 16.3. The Morgan fingerprint density at radius 2 is 1.95 bits per heavy atom. The molecule has 0 spiro atoms. The SMILES string of the molecule is CO/C=C(/C(=O)OC)c1ccccc1Oc1ncccc1I. The Kier molecular flexibility index (Phi) is 5.76. The van der Waals surface area contributed by atoms with Crippen LogP contribution in [0, 0.1) is 3.57 Å². The van der Waals surface area contributed by atoms with Gasteiger partial charge in [-0.3, -0.25) is 0 Å². The average Bonchev–Trinajstić information content (AvgIpc) is 2.55. The second-order valence-electron chi connectivity index (χ2n) is 4.15. The van der Waals surface area contributed by atoms with Crippen molar-refractivity contribution in [3.8, 4) is 11.6 Å². The number of ether oxygens (including phenoxy) is 3. The number of methoxy groups -OCH3 is 2. The summed E-state index contributed by atoms with van der Waals surface area (Å²) in [6.07, 6.45) is 2.98. The standard InChI is InChI=1S/C16H14INO4/c1-20-10-12(16(19)21-2)11-6-3-4-8-14(11)22-15-13(17)7-5-9-18-15/h3-10H,1-2H3/b12-10+. The highest BCUT2D eigenvalue weighted by molar-refractivity contribution is 14.1. The fourth-order valence-corrected chi connectivity index (χ4v) is 2.23. The predicted octanol–water partition coefficient (Wildman–Crippen LogP) is 3.64. The molecule has 0 aliphatic carbocycles. The molecular formula is C16H14INO4. The van der Waals surface area contributed by atoms with Gasteiger partial charge in [0.1, 0.15) is 11.3 Å². The summed E-state index contributed by atoms with van der Waals surface area (Å²) in [5, 5.41) is 0. The number of rotatable bonds is 5. The van der Waals surface area contributed by atoms with E-state index >= 15 is 0 Å². The molecule has 114 valence electrons. The second-order valence-corrected chi connectivity index (χ2v) is 5.31. The zero-order valence-corrected chi connectivity index (χ0v) is 14.2. The maximum absolute atomic E-state index is 11.9. The number of benzene rings is 1. The number of halogens is 1. The van der Waals surface area contributed by atoms with E-state index in [1.165, 1.54) is 20.5 Å². The Balaban J connectivity index is 2.44. The van der Waals surface area contributed by atoms with Gasteiger partial charge >= 0.3 is 5.97 Å². The van der Waals surface area contributed by atoms with Gasteiger partial charge in [0, 0.05) is 11.8 Å². The summed E-state index contributed by atoms with van der Waals surface area (Å²) in [5.41, 5.74) is 0.837. The third-order valence-corrected chi connectivity index (χ3v) is 3.57. The van der Waals surface area contributed by atoms with Crippen LogP contribution in [0.15, 0.2) is 48.9 Å². The lowest BCUT2D eigenvalue weighted by Gasteiger charge is -2.12. The van der Waals surface area contributed by atoms with Crippen molar-refractivity contribution in [1.82, 2.24) is 4.98 Å². The molecule has 0 aliphatic heterocycles. The molecule has 5 nitrogen and oxygen atoms in total. The van der Waals surface area contributed by atoms with E-state index in [2.05, 4.69) is 27.6 Å². The Bertz CT molecular complexity index is 700. The quantitative estimate of drug-likeness (QED) is 0.326. The first-order valence-electron chi connectivity index (χ1n) is 6.36. The van der Waals surface area contributed by atoms with Gasteiger partial charge in [0.2, 0.25) is 5.88 Å². The molecule has 0 amide bonds. The molecule has 0 bridgehead atoms. The van der Waals surface area contributed by atoms with Crippen molar-refractivity contribution in [2.24, 2.45) is 0 Å². The third kappa shape index (κ3) is 3.76. The minimum absolute atomic E-state index is 0.270. The van der Waals surface area contributed by atoms with Gasteiger partial charge in [-0.15, -0.1) is 0 Å². The van der Waals surface area contributed by atoms with Crippen LogP contribution in [-0.4, -0.2) is 25.2 Å². The van der Waals surface area contributed by atoms with Gasteiger partial charge < -0.3 is 14.2 Å². The second kappa shape index (κ2) is 7.79. The average molecular weight is 411 g/mol. The Hall–Kier alpha value is -2.09. The number of para-hydroxylation sites is 1. The van der Waals surface area contributed by atoms with Gasteiger partial charge in [0.25, 0.3) is 0 Å². The van der Waals surface area contributed by atoms with Crippen LogP contribution >= 0.6 is 22.6 Å². The molecule has 0 saturated heterocycles. The Morgan fingerprint density at radius 1 is 1.18 bits per heavy atom. The highest BCUT2D eigenvalue weighted by Gasteiger charge is 2.18. The maximum Gasteiger partial charge on any atom is 0.341 e. The van der Waals surface area contributed by atoms with E-state index in [1.807, 2.05) is 18.2 Å². The molecule has 22 heavy (non-hydrogen) atoms. The number of carbonyl (C=O) groups excluding carboxylic acids is 1. The van der Waals surface area contributed by atoms with Crippen molar-refractivity contribution < 1.29 is 19.0 Å². The van der Waals surface area contributed by atoms with Crippen LogP contribution in [0.5, 0.6) is 11.6 Å². The third-order valence-electron chi connectivity index (χ3n) is 2.75. The van der Waals surface area contributed by atoms with E-state index in [-0.39, 0.29) is 5.57 Å². The van der Waals surface area contributed by atoms with E-state index in [9.17, 15) is 4.79 Å². The number of esters is 1. The molecule has 2 aromatic rings. The summed E-state index contributed by atoms with van der Waals surface area (Å²) < 4.78 is 16.5. The van der Waals surface area contributed by atoms with Gasteiger partial charge in [-0.25, -0.2) is 9.78 Å². The number of carbonyl (C=O) groups is 1. The first-order chi connectivity index (χ1) is 10.7. The highest BCUT2D eigenvalue weighted by Crippen LogP contribution is 2.31. The lowest BCUT2D eigenvalue weighted by atomic mass is 10.1. The summed E-state index contributed by atoms with van der Waals surface area (Å²) in [7, 11) is 2.78. The molecule has 2 rings (SSSR count). The van der Waals surface area contributed by atoms with E-state index in [0.29, 0.717) is 17.2 Å². The molecular weight excluding hydrogens is 397 g/mol. The van der Waals surface area contributed by atoms with Gasteiger partial charge in [-0.2, -0.15) is 0 Å². The first-order valence-corrected chi connectivity index (χ1v) is 7.44.